The standard InChI is InChI=1S/C14H8Cl2FN3O2/c15-8-3-6(1-2-9(8)17)18-13-7-4-11(21)12(22)5-10(7)19-14(16)20-13/h1-5,21-22H,(H,18,19,20). The minimum Gasteiger partial charge on any atom is -0.504 e. The molecule has 2 aromatic carbocycles. The van der Waals surface area contributed by atoms with Gasteiger partial charge in [0.15, 0.2) is 11.5 Å². The zero-order valence-corrected chi connectivity index (χ0v) is 12.3. The first-order valence-corrected chi connectivity index (χ1v) is 6.81. The largest absolute Gasteiger partial charge is 0.504 e. The van der Waals surface area contributed by atoms with Gasteiger partial charge in [-0.05, 0) is 35.9 Å². The van der Waals surface area contributed by atoms with Gasteiger partial charge in [0.2, 0.25) is 5.28 Å². The summed E-state index contributed by atoms with van der Waals surface area (Å²) in [5, 5.41) is 22.4. The van der Waals surface area contributed by atoms with Gasteiger partial charge in [-0.1, -0.05) is 11.6 Å². The van der Waals surface area contributed by atoms with Crippen LogP contribution in [0.1, 0.15) is 0 Å². The summed E-state index contributed by atoms with van der Waals surface area (Å²) in [5.74, 6) is -0.898. The van der Waals surface area contributed by atoms with E-state index in [1.165, 1.54) is 30.3 Å². The van der Waals surface area contributed by atoms with Crippen molar-refractivity contribution in [3.8, 4) is 11.5 Å². The van der Waals surface area contributed by atoms with Gasteiger partial charge in [0.25, 0.3) is 0 Å². The van der Waals surface area contributed by atoms with Crippen LogP contribution in [0.4, 0.5) is 15.9 Å². The molecule has 22 heavy (non-hydrogen) atoms. The summed E-state index contributed by atoms with van der Waals surface area (Å²) in [4.78, 5) is 8.00. The van der Waals surface area contributed by atoms with Gasteiger partial charge in [0.05, 0.1) is 10.5 Å². The van der Waals surface area contributed by atoms with E-state index in [-0.39, 0.29) is 27.6 Å². The Kier molecular flexibility index (Phi) is 3.64. The average molecular weight is 340 g/mol. The Morgan fingerprint density at radius 3 is 2.45 bits per heavy atom. The maximum Gasteiger partial charge on any atom is 0.224 e. The zero-order valence-electron chi connectivity index (χ0n) is 10.8. The maximum atomic E-state index is 13.2. The summed E-state index contributed by atoms with van der Waals surface area (Å²) < 4.78 is 13.2. The maximum absolute atomic E-state index is 13.2. The number of anilines is 2. The van der Waals surface area contributed by atoms with Gasteiger partial charge < -0.3 is 15.5 Å². The fourth-order valence-corrected chi connectivity index (χ4v) is 2.29. The van der Waals surface area contributed by atoms with Gasteiger partial charge >= 0.3 is 0 Å². The third-order valence-electron chi connectivity index (χ3n) is 2.95. The lowest BCUT2D eigenvalue weighted by molar-refractivity contribution is 0.405. The fourth-order valence-electron chi connectivity index (χ4n) is 1.93. The zero-order chi connectivity index (χ0) is 15.9. The Morgan fingerprint density at radius 2 is 1.73 bits per heavy atom. The Hall–Kier alpha value is -2.31. The molecule has 0 saturated carbocycles. The van der Waals surface area contributed by atoms with Crippen LogP contribution in [0.3, 0.4) is 0 Å². The number of aromatic hydroxyl groups is 2. The number of aromatic nitrogens is 2. The number of rotatable bonds is 2. The molecule has 0 aliphatic heterocycles. The highest BCUT2D eigenvalue weighted by molar-refractivity contribution is 6.31. The van der Waals surface area contributed by atoms with Gasteiger partial charge in [-0.25, -0.2) is 9.37 Å². The van der Waals surface area contributed by atoms with Crippen molar-refractivity contribution in [3.05, 3.63) is 46.5 Å². The molecule has 0 amide bonds. The van der Waals surface area contributed by atoms with Gasteiger partial charge in [-0.15, -0.1) is 0 Å². The molecule has 3 rings (SSSR count). The topological polar surface area (TPSA) is 78.3 Å². The molecule has 0 saturated heterocycles. The van der Waals surface area contributed by atoms with Crippen molar-refractivity contribution in [2.75, 3.05) is 5.32 Å². The number of nitrogens with zero attached hydrogens (tertiary/aromatic N) is 2. The van der Waals surface area contributed by atoms with Crippen LogP contribution in [0.5, 0.6) is 11.5 Å². The molecule has 5 nitrogen and oxygen atoms in total. The first-order valence-electron chi connectivity index (χ1n) is 6.05. The number of hydrogen-bond donors (Lipinski definition) is 3. The van der Waals surface area contributed by atoms with E-state index in [1.54, 1.807) is 0 Å². The molecule has 0 atom stereocenters. The second kappa shape index (κ2) is 5.47. The quantitative estimate of drug-likeness (QED) is 0.481. The molecular formula is C14H8Cl2FN3O2. The minimum atomic E-state index is -0.541. The van der Waals surface area contributed by atoms with Gasteiger partial charge in [-0.2, -0.15) is 4.98 Å². The van der Waals surface area contributed by atoms with Crippen LogP contribution in [-0.4, -0.2) is 20.2 Å². The van der Waals surface area contributed by atoms with Crippen LogP contribution in [-0.2, 0) is 0 Å². The van der Waals surface area contributed by atoms with Crippen LogP contribution in [0.2, 0.25) is 10.3 Å². The molecule has 3 N–H and O–H groups in total. The van der Waals surface area contributed by atoms with Crippen molar-refractivity contribution in [3.63, 3.8) is 0 Å². The van der Waals surface area contributed by atoms with Gasteiger partial charge in [-0.3, -0.25) is 0 Å². The molecule has 0 bridgehead atoms. The predicted octanol–water partition coefficient (Wildman–Crippen LogP) is 4.23. The Morgan fingerprint density at radius 1 is 1.00 bits per heavy atom. The lowest BCUT2D eigenvalue weighted by atomic mass is 10.2. The molecule has 0 aliphatic carbocycles. The Labute approximate surface area is 134 Å². The van der Waals surface area contributed by atoms with Crippen molar-refractivity contribution < 1.29 is 14.6 Å². The smallest absolute Gasteiger partial charge is 0.224 e. The van der Waals surface area contributed by atoms with Crippen molar-refractivity contribution in [1.29, 1.82) is 0 Å². The number of halogens is 3. The molecule has 1 aromatic heterocycles. The van der Waals surface area contributed by atoms with Crippen LogP contribution in [0.15, 0.2) is 30.3 Å². The third-order valence-corrected chi connectivity index (χ3v) is 3.41. The molecule has 0 radical (unpaired) electrons. The molecule has 8 heteroatoms. The van der Waals surface area contributed by atoms with E-state index >= 15 is 0 Å². The molecule has 1 heterocycles. The normalized spacial score (nSPS) is 10.9. The fraction of sp³-hybridized carbons (Fsp3) is 0. The molecule has 3 aromatic rings. The molecule has 0 aliphatic rings. The summed E-state index contributed by atoms with van der Waals surface area (Å²) in [6, 6.07) is 6.64. The molecular weight excluding hydrogens is 332 g/mol. The van der Waals surface area contributed by atoms with Crippen LogP contribution in [0, 0.1) is 5.82 Å². The van der Waals surface area contributed by atoms with Crippen molar-refractivity contribution in [2.45, 2.75) is 0 Å². The lowest BCUT2D eigenvalue weighted by Crippen LogP contribution is -1.97. The first kappa shape index (κ1) is 14.6. The highest BCUT2D eigenvalue weighted by Crippen LogP contribution is 2.34. The van der Waals surface area contributed by atoms with E-state index in [0.29, 0.717) is 16.6 Å². The molecule has 0 spiro atoms. The SMILES string of the molecule is Oc1cc2nc(Cl)nc(Nc3ccc(F)c(Cl)c3)c2cc1O. The van der Waals surface area contributed by atoms with Crippen LogP contribution >= 0.6 is 23.2 Å². The Bertz CT molecular complexity index is 890. The highest BCUT2D eigenvalue weighted by Gasteiger charge is 2.11. The monoisotopic (exact) mass is 339 g/mol. The second-order valence-corrected chi connectivity index (χ2v) is 5.20. The van der Waals surface area contributed by atoms with E-state index in [1.807, 2.05) is 0 Å². The number of nitrogens with one attached hydrogen (secondary N) is 1. The van der Waals surface area contributed by atoms with Crippen molar-refractivity contribution >= 4 is 45.6 Å². The number of hydrogen-bond acceptors (Lipinski definition) is 5. The Balaban J connectivity index is 2.13. The summed E-state index contributed by atoms with van der Waals surface area (Å²) >= 11 is 11.6. The van der Waals surface area contributed by atoms with Crippen molar-refractivity contribution in [2.24, 2.45) is 0 Å². The first-order chi connectivity index (χ1) is 10.4. The third kappa shape index (κ3) is 2.70. The van der Waals surface area contributed by atoms with Crippen molar-refractivity contribution in [1.82, 2.24) is 9.97 Å². The molecule has 112 valence electrons. The lowest BCUT2D eigenvalue weighted by Gasteiger charge is -2.10. The number of phenols is 2. The highest BCUT2D eigenvalue weighted by atomic mass is 35.5. The van der Waals surface area contributed by atoms with Gasteiger partial charge in [0.1, 0.15) is 11.6 Å². The van der Waals surface area contributed by atoms with Gasteiger partial charge in [0, 0.05) is 17.1 Å². The molecule has 0 fully saturated rings. The molecule has 0 unspecified atom stereocenters. The van der Waals surface area contributed by atoms with E-state index in [9.17, 15) is 14.6 Å². The van der Waals surface area contributed by atoms with E-state index in [4.69, 9.17) is 23.2 Å². The minimum absolute atomic E-state index is 0.0463. The number of benzene rings is 2. The number of fused-ring (bicyclic) bond motifs is 1. The summed E-state index contributed by atoms with van der Waals surface area (Å²) in [5.41, 5.74) is 0.820. The summed E-state index contributed by atoms with van der Waals surface area (Å²) in [6.07, 6.45) is 0. The van der Waals surface area contributed by atoms with E-state index in [0.717, 1.165) is 0 Å². The summed E-state index contributed by atoms with van der Waals surface area (Å²) in [7, 11) is 0. The average Bonchev–Trinajstić information content (AvgIpc) is 2.45. The number of phenolic OH excluding ortho intramolecular Hbond substituents is 2. The van der Waals surface area contributed by atoms with Crippen LogP contribution < -0.4 is 5.32 Å². The van der Waals surface area contributed by atoms with E-state index < -0.39 is 5.82 Å². The predicted molar refractivity (Wildman–Crippen MR) is 82.6 cm³/mol. The summed E-state index contributed by atoms with van der Waals surface area (Å²) in [6.45, 7) is 0. The van der Waals surface area contributed by atoms with Crippen LogP contribution in [0.25, 0.3) is 10.9 Å². The van der Waals surface area contributed by atoms with E-state index in [2.05, 4.69) is 15.3 Å². The second-order valence-electron chi connectivity index (χ2n) is 4.45.